The van der Waals surface area contributed by atoms with Crippen molar-refractivity contribution in [1.82, 2.24) is 4.90 Å². The highest BCUT2D eigenvalue weighted by Crippen LogP contribution is 2.27. The number of carbonyl (C=O) groups is 2. The van der Waals surface area contributed by atoms with Crippen molar-refractivity contribution in [1.29, 1.82) is 5.26 Å². The van der Waals surface area contributed by atoms with Crippen molar-refractivity contribution in [3.63, 3.8) is 0 Å². The fourth-order valence-electron chi connectivity index (χ4n) is 2.18. The summed E-state index contributed by atoms with van der Waals surface area (Å²) in [5.74, 6) is -0.987. The molecule has 0 bridgehead atoms. The van der Waals surface area contributed by atoms with Gasteiger partial charge in [-0.05, 0) is 43.5 Å². The summed E-state index contributed by atoms with van der Waals surface area (Å²) in [7, 11) is 0. The average molecular weight is 287 g/mol. The smallest absolute Gasteiger partial charge is 0.335 e. The molecule has 6 heteroatoms. The number of carbonyl (C=O) groups excluding carboxylic acids is 1. The lowest BCUT2D eigenvalue weighted by atomic mass is 10.1. The zero-order valence-electron chi connectivity index (χ0n) is 11.8. The van der Waals surface area contributed by atoms with E-state index < -0.39 is 5.97 Å². The maximum Gasteiger partial charge on any atom is 0.335 e. The van der Waals surface area contributed by atoms with Crippen molar-refractivity contribution in [2.24, 2.45) is 0 Å². The Morgan fingerprint density at radius 1 is 1.48 bits per heavy atom. The van der Waals surface area contributed by atoms with Gasteiger partial charge in [0.05, 0.1) is 18.1 Å². The highest BCUT2D eigenvalue weighted by Gasteiger charge is 2.32. The minimum absolute atomic E-state index is 0.219. The third-order valence-electron chi connectivity index (χ3n) is 3.42. The van der Waals surface area contributed by atoms with Gasteiger partial charge in [0.15, 0.2) is 0 Å². The van der Waals surface area contributed by atoms with Crippen LogP contribution in [0.25, 0.3) is 0 Å². The number of benzene rings is 1. The summed E-state index contributed by atoms with van der Waals surface area (Å²) in [6.45, 7) is 2.10. The molecule has 0 spiro atoms. The SMILES string of the molecule is Cc1cc(NC(=O)N(CCC#N)C2CC2)ccc1C(=O)O. The molecule has 1 aliphatic rings. The Balaban J connectivity index is 2.06. The van der Waals surface area contributed by atoms with Gasteiger partial charge in [-0.3, -0.25) is 0 Å². The molecular weight excluding hydrogens is 270 g/mol. The zero-order chi connectivity index (χ0) is 15.4. The Labute approximate surface area is 123 Å². The van der Waals surface area contributed by atoms with Gasteiger partial charge in [-0.1, -0.05) is 0 Å². The first-order chi connectivity index (χ1) is 10.0. The Kier molecular flexibility index (Phi) is 4.43. The Morgan fingerprint density at radius 2 is 2.19 bits per heavy atom. The van der Waals surface area contributed by atoms with E-state index in [-0.39, 0.29) is 17.6 Å². The van der Waals surface area contributed by atoms with E-state index in [1.165, 1.54) is 6.07 Å². The molecule has 0 radical (unpaired) electrons. The molecule has 1 aromatic carbocycles. The number of carboxylic acids is 1. The molecule has 110 valence electrons. The minimum Gasteiger partial charge on any atom is -0.478 e. The fourth-order valence-corrected chi connectivity index (χ4v) is 2.18. The van der Waals surface area contributed by atoms with Crippen molar-refractivity contribution in [2.75, 3.05) is 11.9 Å². The summed E-state index contributed by atoms with van der Waals surface area (Å²) in [5.41, 5.74) is 1.37. The van der Waals surface area contributed by atoms with Gasteiger partial charge < -0.3 is 15.3 Å². The van der Waals surface area contributed by atoms with Gasteiger partial charge in [0.1, 0.15) is 0 Å². The molecule has 0 aliphatic heterocycles. The first-order valence-corrected chi connectivity index (χ1v) is 6.81. The molecule has 21 heavy (non-hydrogen) atoms. The number of nitrogens with zero attached hydrogens (tertiary/aromatic N) is 2. The van der Waals surface area contributed by atoms with Crippen LogP contribution in [0, 0.1) is 18.3 Å². The number of nitriles is 1. The number of urea groups is 1. The number of anilines is 1. The summed E-state index contributed by atoms with van der Waals surface area (Å²) in [6.07, 6.45) is 2.24. The summed E-state index contributed by atoms with van der Waals surface area (Å²) in [6, 6.07) is 6.71. The normalized spacial score (nSPS) is 13.3. The van der Waals surface area contributed by atoms with Crippen LogP contribution in [0.5, 0.6) is 0 Å². The summed E-state index contributed by atoms with van der Waals surface area (Å²) < 4.78 is 0. The molecule has 6 nitrogen and oxygen atoms in total. The van der Waals surface area contributed by atoms with E-state index in [2.05, 4.69) is 5.32 Å². The second-order valence-corrected chi connectivity index (χ2v) is 5.10. The van der Waals surface area contributed by atoms with Crippen LogP contribution in [0.15, 0.2) is 18.2 Å². The third kappa shape index (κ3) is 3.72. The van der Waals surface area contributed by atoms with Gasteiger partial charge in [0, 0.05) is 18.3 Å². The Hall–Kier alpha value is -2.55. The summed E-state index contributed by atoms with van der Waals surface area (Å²) in [4.78, 5) is 24.8. The number of aromatic carboxylic acids is 1. The molecule has 1 saturated carbocycles. The average Bonchev–Trinajstić information content (AvgIpc) is 3.23. The van der Waals surface area contributed by atoms with Gasteiger partial charge in [0.25, 0.3) is 0 Å². The monoisotopic (exact) mass is 287 g/mol. The van der Waals surface area contributed by atoms with Crippen LogP contribution in [-0.2, 0) is 0 Å². The maximum atomic E-state index is 12.2. The molecule has 2 rings (SSSR count). The second-order valence-electron chi connectivity index (χ2n) is 5.10. The van der Waals surface area contributed by atoms with Crippen LogP contribution in [0.3, 0.4) is 0 Å². The van der Waals surface area contributed by atoms with Gasteiger partial charge in [-0.25, -0.2) is 9.59 Å². The molecule has 2 N–H and O–H groups in total. The first kappa shape index (κ1) is 14.9. The lowest BCUT2D eigenvalue weighted by Crippen LogP contribution is -2.37. The molecule has 0 atom stereocenters. The predicted molar refractivity (Wildman–Crippen MR) is 77.1 cm³/mol. The van der Waals surface area contributed by atoms with E-state index in [4.69, 9.17) is 10.4 Å². The van der Waals surface area contributed by atoms with Crippen LogP contribution in [0.4, 0.5) is 10.5 Å². The van der Waals surface area contributed by atoms with Gasteiger partial charge in [-0.2, -0.15) is 5.26 Å². The summed E-state index contributed by atoms with van der Waals surface area (Å²) in [5, 5.41) is 20.4. The molecule has 2 amide bonds. The second kappa shape index (κ2) is 6.27. The fraction of sp³-hybridized carbons (Fsp3) is 0.400. The highest BCUT2D eigenvalue weighted by molar-refractivity contribution is 5.93. The van der Waals surface area contributed by atoms with Crippen molar-refractivity contribution < 1.29 is 14.7 Å². The Morgan fingerprint density at radius 3 is 2.71 bits per heavy atom. The molecule has 1 aromatic rings. The molecule has 0 saturated heterocycles. The van der Waals surface area contributed by atoms with Gasteiger partial charge >= 0.3 is 12.0 Å². The van der Waals surface area contributed by atoms with Crippen LogP contribution < -0.4 is 5.32 Å². The van der Waals surface area contributed by atoms with E-state index in [1.807, 2.05) is 6.07 Å². The number of rotatable bonds is 5. The van der Waals surface area contributed by atoms with Crippen LogP contribution in [-0.4, -0.2) is 34.6 Å². The number of hydrogen-bond acceptors (Lipinski definition) is 3. The van der Waals surface area contributed by atoms with E-state index in [1.54, 1.807) is 24.0 Å². The van der Waals surface area contributed by atoms with Crippen LogP contribution in [0.1, 0.15) is 35.2 Å². The molecule has 1 fully saturated rings. The topological polar surface area (TPSA) is 93.4 Å². The third-order valence-corrected chi connectivity index (χ3v) is 3.42. The number of aryl methyl sites for hydroxylation is 1. The minimum atomic E-state index is -0.987. The maximum absolute atomic E-state index is 12.2. The van der Waals surface area contributed by atoms with E-state index in [0.29, 0.717) is 24.2 Å². The number of amides is 2. The molecule has 0 heterocycles. The van der Waals surface area contributed by atoms with Crippen molar-refractivity contribution >= 4 is 17.7 Å². The molecule has 0 unspecified atom stereocenters. The van der Waals surface area contributed by atoms with Gasteiger partial charge in [-0.15, -0.1) is 0 Å². The van der Waals surface area contributed by atoms with Crippen molar-refractivity contribution in [3.05, 3.63) is 29.3 Å². The number of nitrogens with one attached hydrogen (secondary N) is 1. The Bertz CT molecular complexity index is 603. The predicted octanol–water partition coefficient (Wildman–Crippen LogP) is 2.60. The lowest BCUT2D eigenvalue weighted by molar-refractivity contribution is 0.0696. The van der Waals surface area contributed by atoms with Crippen molar-refractivity contribution in [2.45, 2.75) is 32.2 Å². The van der Waals surface area contributed by atoms with E-state index in [0.717, 1.165) is 12.8 Å². The standard InChI is InChI=1S/C15H17N3O3/c1-10-9-11(3-6-13(10)14(19)20)17-15(21)18(8-2-7-16)12-4-5-12/h3,6,9,12H,2,4-5,8H2,1H3,(H,17,21)(H,19,20). The van der Waals surface area contributed by atoms with Crippen LogP contribution >= 0.6 is 0 Å². The van der Waals surface area contributed by atoms with E-state index >= 15 is 0 Å². The largest absolute Gasteiger partial charge is 0.478 e. The number of carboxylic acid groups (broad SMARTS) is 1. The molecule has 0 aromatic heterocycles. The zero-order valence-corrected chi connectivity index (χ0v) is 11.8. The summed E-state index contributed by atoms with van der Waals surface area (Å²) >= 11 is 0. The van der Waals surface area contributed by atoms with Crippen LogP contribution in [0.2, 0.25) is 0 Å². The first-order valence-electron chi connectivity index (χ1n) is 6.81. The molecular formula is C15H17N3O3. The van der Waals surface area contributed by atoms with Gasteiger partial charge in [0.2, 0.25) is 0 Å². The van der Waals surface area contributed by atoms with E-state index in [9.17, 15) is 9.59 Å². The molecule has 1 aliphatic carbocycles. The lowest BCUT2D eigenvalue weighted by Gasteiger charge is -2.21. The highest BCUT2D eigenvalue weighted by atomic mass is 16.4. The van der Waals surface area contributed by atoms with Crippen molar-refractivity contribution in [3.8, 4) is 6.07 Å². The number of hydrogen-bond donors (Lipinski definition) is 2. The quantitative estimate of drug-likeness (QED) is 0.870.